The maximum absolute atomic E-state index is 12.6. The van der Waals surface area contributed by atoms with Gasteiger partial charge in [0.1, 0.15) is 18.1 Å². The zero-order chi connectivity index (χ0) is 23.9. The highest BCUT2D eigenvalue weighted by Gasteiger charge is 2.21. The fourth-order valence-corrected chi connectivity index (χ4v) is 3.99. The van der Waals surface area contributed by atoms with Crippen molar-refractivity contribution in [3.63, 3.8) is 0 Å². The number of carbonyl (C=O) groups is 2. The number of amides is 2. The fraction of sp³-hybridized carbons (Fsp3) is 0.346. The Morgan fingerprint density at radius 2 is 1.79 bits per heavy atom. The maximum Gasteiger partial charge on any atom is 0.251 e. The molecule has 178 valence electrons. The van der Waals surface area contributed by atoms with Crippen molar-refractivity contribution in [1.29, 1.82) is 0 Å². The largest absolute Gasteiger partial charge is 0.489 e. The summed E-state index contributed by atoms with van der Waals surface area (Å²) in [5.74, 6) is 1.13. The number of rotatable bonds is 8. The number of aryl methyl sites for hydroxylation is 2. The van der Waals surface area contributed by atoms with Crippen molar-refractivity contribution in [2.45, 2.75) is 26.9 Å². The lowest BCUT2D eigenvalue weighted by atomic mass is 10.2. The lowest BCUT2D eigenvalue weighted by Crippen LogP contribution is -2.49. The van der Waals surface area contributed by atoms with E-state index in [2.05, 4.69) is 27.5 Å². The van der Waals surface area contributed by atoms with E-state index in [-0.39, 0.29) is 18.2 Å². The first kappa shape index (κ1) is 23.4. The second-order valence-corrected chi connectivity index (χ2v) is 8.33. The van der Waals surface area contributed by atoms with Crippen LogP contribution in [-0.2, 0) is 11.4 Å². The highest BCUT2D eigenvalue weighted by Crippen LogP contribution is 2.19. The summed E-state index contributed by atoms with van der Waals surface area (Å²) in [7, 11) is 0. The van der Waals surface area contributed by atoms with Crippen molar-refractivity contribution < 1.29 is 18.8 Å². The number of anilines is 1. The van der Waals surface area contributed by atoms with Crippen LogP contribution in [0.4, 0.5) is 5.69 Å². The predicted molar refractivity (Wildman–Crippen MR) is 129 cm³/mol. The highest BCUT2D eigenvalue weighted by molar-refractivity contribution is 5.94. The van der Waals surface area contributed by atoms with E-state index >= 15 is 0 Å². The van der Waals surface area contributed by atoms with E-state index in [1.807, 2.05) is 36.9 Å². The van der Waals surface area contributed by atoms with Gasteiger partial charge in [0.05, 0.1) is 11.3 Å². The number of carbonyl (C=O) groups excluding carboxylic acids is 2. The number of nitrogens with zero attached hydrogens (tertiary/aromatic N) is 3. The van der Waals surface area contributed by atoms with Gasteiger partial charge in [-0.1, -0.05) is 29.4 Å². The number of nitrogens with one attached hydrogen (secondary N) is 1. The number of para-hydroxylation sites is 1. The number of ether oxygens (including phenoxy) is 1. The van der Waals surface area contributed by atoms with E-state index < -0.39 is 0 Å². The lowest BCUT2D eigenvalue weighted by Gasteiger charge is -2.36. The number of hydrogen-bond donors (Lipinski definition) is 1. The molecule has 0 atom stereocenters. The van der Waals surface area contributed by atoms with E-state index in [1.165, 1.54) is 5.69 Å². The van der Waals surface area contributed by atoms with Crippen LogP contribution in [0.1, 0.15) is 33.8 Å². The van der Waals surface area contributed by atoms with Crippen molar-refractivity contribution in [1.82, 2.24) is 15.4 Å². The third-order valence-corrected chi connectivity index (χ3v) is 6.04. The van der Waals surface area contributed by atoms with Gasteiger partial charge < -0.3 is 24.4 Å². The first-order chi connectivity index (χ1) is 16.5. The minimum Gasteiger partial charge on any atom is -0.489 e. The molecular weight excluding hydrogens is 432 g/mol. The molecular formula is C26H30N4O4. The second kappa shape index (κ2) is 10.9. The van der Waals surface area contributed by atoms with Crippen LogP contribution in [-0.4, -0.2) is 54.6 Å². The molecule has 0 bridgehead atoms. The average Bonchev–Trinajstić information content (AvgIpc) is 3.20. The molecule has 1 aromatic heterocycles. The molecule has 1 aliphatic heterocycles. The van der Waals surface area contributed by atoms with Gasteiger partial charge in [-0.3, -0.25) is 9.59 Å². The van der Waals surface area contributed by atoms with Gasteiger partial charge >= 0.3 is 0 Å². The minimum atomic E-state index is -0.232. The molecule has 0 unspecified atom stereocenters. The summed E-state index contributed by atoms with van der Waals surface area (Å²) in [6.45, 7) is 7.31. The molecule has 8 nitrogen and oxygen atoms in total. The number of benzene rings is 2. The van der Waals surface area contributed by atoms with Crippen LogP contribution in [0.15, 0.2) is 59.1 Å². The van der Waals surface area contributed by atoms with Crippen molar-refractivity contribution in [2.24, 2.45) is 0 Å². The summed E-state index contributed by atoms with van der Waals surface area (Å²) in [4.78, 5) is 29.3. The molecule has 0 aliphatic carbocycles. The monoisotopic (exact) mass is 462 g/mol. The summed E-state index contributed by atoms with van der Waals surface area (Å²) in [5, 5.41) is 6.76. The minimum absolute atomic E-state index is 0.0598. The van der Waals surface area contributed by atoms with Crippen LogP contribution in [0.2, 0.25) is 0 Å². The van der Waals surface area contributed by atoms with Gasteiger partial charge in [0.25, 0.3) is 5.91 Å². The summed E-state index contributed by atoms with van der Waals surface area (Å²) in [5.41, 5.74) is 3.36. The second-order valence-electron chi connectivity index (χ2n) is 8.33. The standard InChI is InChI=1S/C26H30N4O4/c1-19-24(20(2)34-28-19)18-33-23-10-6-7-21(17-23)26(32)27-12-11-25(31)30-15-13-29(14-16-30)22-8-4-3-5-9-22/h3-10,17H,11-16,18H2,1-2H3,(H,27,32). The van der Waals surface area contributed by atoms with Crippen LogP contribution in [0.3, 0.4) is 0 Å². The molecule has 0 radical (unpaired) electrons. The first-order valence-electron chi connectivity index (χ1n) is 11.5. The molecule has 0 saturated carbocycles. The summed E-state index contributed by atoms with van der Waals surface area (Å²) < 4.78 is 11.0. The van der Waals surface area contributed by atoms with Crippen LogP contribution >= 0.6 is 0 Å². The van der Waals surface area contributed by atoms with Gasteiger partial charge in [0, 0.05) is 50.4 Å². The molecule has 4 rings (SSSR count). The molecule has 1 aliphatic rings. The summed E-state index contributed by atoms with van der Waals surface area (Å²) in [6, 6.07) is 17.2. The van der Waals surface area contributed by atoms with Crippen LogP contribution in [0.25, 0.3) is 0 Å². The van der Waals surface area contributed by atoms with Crippen molar-refractivity contribution in [3.05, 3.63) is 77.2 Å². The average molecular weight is 463 g/mol. The van der Waals surface area contributed by atoms with E-state index in [0.717, 1.165) is 30.1 Å². The van der Waals surface area contributed by atoms with Gasteiger partial charge in [-0.15, -0.1) is 0 Å². The van der Waals surface area contributed by atoms with Gasteiger partial charge in [-0.2, -0.15) is 0 Å². The Labute approximate surface area is 199 Å². The maximum atomic E-state index is 12.6. The number of hydrogen-bond acceptors (Lipinski definition) is 6. The molecule has 0 spiro atoms. The SMILES string of the molecule is Cc1noc(C)c1COc1cccc(C(=O)NCCC(=O)N2CCN(c3ccccc3)CC2)c1. The Morgan fingerprint density at radius 1 is 1.03 bits per heavy atom. The van der Waals surface area contributed by atoms with Gasteiger partial charge in [-0.05, 0) is 44.2 Å². The molecule has 2 amide bonds. The lowest BCUT2D eigenvalue weighted by molar-refractivity contribution is -0.131. The smallest absolute Gasteiger partial charge is 0.251 e. The molecule has 1 N–H and O–H groups in total. The van der Waals surface area contributed by atoms with Crippen LogP contribution in [0.5, 0.6) is 5.75 Å². The summed E-state index contributed by atoms with van der Waals surface area (Å²) >= 11 is 0. The van der Waals surface area contributed by atoms with Gasteiger partial charge in [0.2, 0.25) is 5.91 Å². The van der Waals surface area contributed by atoms with Crippen molar-refractivity contribution >= 4 is 17.5 Å². The van der Waals surface area contributed by atoms with Crippen molar-refractivity contribution in [2.75, 3.05) is 37.6 Å². The highest BCUT2D eigenvalue weighted by atomic mass is 16.5. The summed E-state index contributed by atoms with van der Waals surface area (Å²) in [6.07, 6.45) is 0.277. The molecule has 2 aromatic carbocycles. The van der Waals surface area contributed by atoms with Crippen LogP contribution in [0, 0.1) is 13.8 Å². The topological polar surface area (TPSA) is 87.9 Å². The van der Waals surface area contributed by atoms with Crippen molar-refractivity contribution in [3.8, 4) is 5.75 Å². The normalized spacial score (nSPS) is 13.6. The number of aromatic nitrogens is 1. The molecule has 1 fully saturated rings. The fourth-order valence-electron chi connectivity index (χ4n) is 3.99. The van der Waals surface area contributed by atoms with Gasteiger partial charge in [0.15, 0.2) is 0 Å². The third kappa shape index (κ3) is 5.75. The third-order valence-electron chi connectivity index (χ3n) is 6.04. The first-order valence-corrected chi connectivity index (χ1v) is 11.5. The molecule has 3 aromatic rings. The Morgan fingerprint density at radius 3 is 2.50 bits per heavy atom. The van der Waals surface area contributed by atoms with Crippen LogP contribution < -0.4 is 15.0 Å². The predicted octanol–water partition coefficient (Wildman–Crippen LogP) is 3.34. The Kier molecular flexibility index (Phi) is 7.47. The van der Waals surface area contributed by atoms with Gasteiger partial charge in [-0.25, -0.2) is 0 Å². The number of piperazine rings is 1. The Balaban J connectivity index is 1.21. The Bertz CT molecular complexity index is 1100. The zero-order valence-corrected chi connectivity index (χ0v) is 19.6. The van der Waals surface area contributed by atoms with E-state index in [4.69, 9.17) is 9.26 Å². The molecule has 8 heteroatoms. The quantitative estimate of drug-likeness (QED) is 0.553. The molecule has 1 saturated heterocycles. The molecule has 2 heterocycles. The van der Waals surface area contributed by atoms with E-state index in [1.54, 1.807) is 24.3 Å². The van der Waals surface area contributed by atoms with E-state index in [0.29, 0.717) is 37.6 Å². The van der Waals surface area contributed by atoms with E-state index in [9.17, 15) is 9.59 Å². The zero-order valence-electron chi connectivity index (χ0n) is 19.6. The Hall–Kier alpha value is -3.81. The molecule has 34 heavy (non-hydrogen) atoms.